The van der Waals surface area contributed by atoms with Gasteiger partial charge in [0.2, 0.25) is 0 Å². The largest absolute Gasteiger partial charge is 0.496 e. The van der Waals surface area contributed by atoms with Crippen LogP contribution in [-0.2, 0) is 11.8 Å². The van der Waals surface area contributed by atoms with Crippen molar-refractivity contribution in [2.75, 3.05) is 13.7 Å². The van der Waals surface area contributed by atoms with E-state index in [1.807, 2.05) is 12.1 Å². The van der Waals surface area contributed by atoms with Crippen LogP contribution in [0.25, 0.3) is 11.3 Å². The van der Waals surface area contributed by atoms with E-state index in [9.17, 15) is 0 Å². The van der Waals surface area contributed by atoms with E-state index < -0.39 is 0 Å². The number of benzene rings is 1. The second-order valence-electron chi connectivity index (χ2n) is 5.82. The molecule has 1 aromatic heterocycles. The van der Waals surface area contributed by atoms with Crippen molar-refractivity contribution in [3.8, 4) is 17.1 Å². The SMILES string of the molecule is COc1ccc(-c2cnc(CCN)o2)cc1C(C)(C)C. The maximum atomic E-state index is 5.72. The monoisotopic (exact) mass is 274 g/mol. The number of nitrogens with two attached hydrogens (primary N) is 1. The first kappa shape index (κ1) is 14.6. The molecule has 0 aliphatic rings. The maximum Gasteiger partial charge on any atom is 0.196 e. The van der Waals surface area contributed by atoms with Crippen LogP contribution in [0.3, 0.4) is 0 Å². The highest BCUT2D eigenvalue weighted by atomic mass is 16.5. The number of nitrogens with zero attached hydrogens (tertiary/aromatic N) is 1. The van der Waals surface area contributed by atoms with Crippen LogP contribution >= 0.6 is 0 Å². The summed E-state index contributed by atoms with van der Waals surface area (Å²) in [7, 11) is 1.69. The van der Waals surface area contributed by atoms with E-state index in [4.69, 9.17) is 14.9 Å². The Bertz CT molecular complexity index is 582. The highest BCUT2D eigenvalue weighted by Gasteiger charge is 2.20. The molecule has 1 heterocycles. The highest BCUT2D eigenvalue weighted by molar-refractivity contribution is 5.61. The summed E-state index contributed by atoms with van der Waals surface area (Å²) in [5.41, 5.74) is 7.67. The molecule has 20 heavy (non-hydrogen) atoms. The number of aromatic nitrogens is 1. The molecule has 0 fully saturated rings. The number of hydrogen-bond donors (Lipinski definition) is 1. The lowest BCUT2D eigenvalue weighted by Crippen LogP contribution is -2.12. The van der Waals surface area contributed by atoms with Crippen LogP contribution in [0.5, 0.6) is 5.75 Å². The molecule has 2 N–H and O–H groups in total. The average molecular weight is 274 g/mol. The van der Waals surface area contributed by atoms with Gasteiger partial charge < -0.3 is 14.9 Å². The van der Waals surface area contributed by atoms with Gasteiger partial charge in [-0.2, -0.15) is 0 Å². The second-order valence-corrected chi connectivity index (χ2v) is 5.82. The molecule has 4 heteroatoms. The fraction of sp³-hybridized carbons (Fsp3) is 0.438. The Morgan fingerprint density at radius 1 is 1.30 bits per heavy atom. The van der Waals surface area contributed by atoms with Gasteiger partial charge >= 0.3 is 0 Å². The normalized spacial score (nSPS) is 11.7. The number of rotatable bonds is 4. The lowest BCUT2D eigenvalue weighted by Gasteiger charge is -2.22. The van der Waals surface area contributed by atoms with E-state index in [-0.39, 0.29) is 5.41 Å². The van der Waals surface area contributed by atoms with Crippen LogP contribution in [0.15, 0.2) is 28.8 Å². The fourth-order valence-corrected chi connectivity index (χ4v) is 2.13. The van der Waals surface area contributed by atoms with E-state index in [2.05, 4.69) is 31.8 Å². The van der Waals surface area contributed by atoms with Gasteiger partial charge in [-0.1, -0.05) is 20.8 Å². The molecule has 4 nitrogen and oxygen atoms in total. The smallest absolute Gasteiger partial charge is 0.196 e. The van der Waals surface area contributed by atoms with Crippen LogP contribution < -0.4 is 10.5 Å². The molecule has 2 rings (SSSR count). The molecule has 0 unspecified atom stereocenters. The lowest BCUT2D eigenvalue weighted by atomic mass is 9.85. The lowest BCUT2D eigenvalue weighted by molar-refractivity contribution is 0.397. The molecule has 0 atom stereocenters. The van der Waals surface area contributed by atoms with Gasteiger partial charge in [-0.15, -0.1) is 0 Å². The Morgan fingerprint density at radius 2 is 2.05 bits per heavy atom. The quantitative estimate of drug-likeness (QED) is 0.930. The van der Waals surface area contributed by atoms with E-state index in [1.54, 1.807) is 13.3 Å². The van der Waals surface area contributed by atoms with Crippen LogP contribution in [0, 0.1) is 0 Å². The fourth-order valence-electron chi connectivity index (χ4n) is 2.13. The van der Waals surface area contributed by atoms with Crippen molar-refractivity contribution in [1.82, 2.24) is 4.98 Å². The second kappa shape index (κ2) is 5.67. The minimum absolute atomic E-state index is 0.00145. The Hall–Kier alpha value is -1.81. The topological polar surface area (TPSA) is 61.3 Å². The van der Waals surface area contributed by atoms with Crippen LogP contribution in [0.2, 0.25) is 0 Å². The van der Waals surface area contributed by atoms with Crippen molar-refractivity contribution in [3.05, 3.63) is 35.9 Å². The standard InChI is InChI=1S/C16H22N2O2/c1-16(2,3)12-9-11(5-6-13(12)19-4)14-10-18-15(20-14)7-8-17/h5-6,9-10H,7-8,17H2,1-4H3. The summed E-state index contributed by atoms with van der Waals surface area (Å²) in [5, 5.41) is 0. The predicted octanol–water partition coefficient (Wildman–Crippen LogP) is 3.15. The summed E-state index contributed by atoms with van der Waals surface area (Å²) < 4.78 is 11.2. The number of hydrogen-bond acceptors (Lipinski definition) is 4. The first-order valence-electron chi connectivity index (χ1n) is 6.79. The zero-order valence-electron chi connectivity index (χ0n) is 12.6. The number of oxazole rings is 1. The van der Waals surface area contributed by atoms with Gasteiger partial charge in [0.05, 0.1) is 13.3 Å². The molecule has 0 spiro atoms. The van der Waals surface area contributed by atoms with Gasteiger partial charge in [-0.3, -0.25) is 0 Å². The molecule has 0 amide bonds. The average Bonchev–Trinajstić information content (AvgIpc) is 2.86. The summed E-state index contributed by atoms with van der Waals surface area (Å²) in [6, 6.07) is 6.06. The van der Waals surface area contributed by atoms with Gasteiger partial charge in [0.1, 0.15) is 5.75 Å². The molecule has 0 saturated carbocycles. The maximum absolute atomic E-state index is 5.72. The van der Waals surface area contributed by atoms with E-state index >= 15 is 0 Å². The molecule has 108 valence electrons. The highest BCUT2D eigenvalue weighted by Crippen LogP contribution is 2.35. The summed E-state index contributed by atoms with van der Waals surface area (Å²) >= 11 is 0. The molecule has 1 aromatic carbocycles. The Labute approximate surface area is 120 Å². The van der Waals surface area contributed by atoms with Crippen LogP contribution in [-0.4, -0.2) is 18.6 Å². The van der Waals surface area contributed by atoms with Gasteiger partial charge in [0, 0.05) is 24.1 Å². The third kappa shape index (κ3) is 3.02. The summed E-state index contributed by atoms with van der Waals surface area (Å²) in [6.45, 7) is 7.02. The third-order valence-electron chi connectivity index (χ3n) is 3.20. The molecule has 2 aromatic rings. The predicted molar refractivity (Wildman–Crippen MR) is 79.9 cm³/mol. The Kier molecular flexibility index (Phi) is 4.14. The summed E-state index contributed by atoms with van der Waals surface area (Å²) in [4.78, 5) is 4.24. The van der Waals surface area contributed by atoms with E-state index in [1.165, 1.54) is 0 Å². The summed E-state index contributed by atoms with van der Waals surface area (Å²) in [5.74, 6) is 2.33. The molecular weight excluding hydrogens is 252 g/mol. The molecule has 0 saturated heterocycles. The Morgan fingerprint density at radius 3 is 2.65 bits per heavy atom. The minimum Gasteiger partial charge on any atom is -0.496 e. The minimum atomic E-state index is 0.00145. The molecular formula is C16H22N2O2. The van der Waals surface area contributed by atoms with Crippen LogP contribution in [0.4, 0.5) is 0 Å². The van der Waals surface area contributed by atoms with Crippen molar-refractivity contribution in [2.24, 2.45) is 5.73 Å². The molecule has 0 aliphatic carbocycles. The third-order valence-corrected chi connectivity index (χ3v) is 3.20. The number of methoxy groups -OCH3 is 1. The van der Waals surface area contributed by atoms with Gasteiger partial charge in [0.15, 0.2) is 11.7 Å². The zero-order valence-corrected chi connectivity index (χ0v) is 12.6. The van der Waals surface area contributed by atoms with Crippen molar-refractivity contribution in [2.45, 2.75) is 32.6 Å². The van der Waals surface area contributed by atoms with Crippen molar-refractivity contribution in [3.63, 3.8) is 0 Å². The van der Waals surface area contributed by atoms with Crippen molar-refractivity contribution in [1.29, 1.82) is 0 Å². The first-order valence-corrected chi connectivity index (χ1v) is 6.79. The van der Waals surface area contributed by atoms with E-state index in [0.717, 1.165) is 22.6 Å². The zero-order chi connectivity index (χ0) is 14.8. The van der Waals surface area contributed by atoms with Gasteiger partial charge in [0.25, 0.3) is 0 Å². The summed E-state index contributed by atoms with van der Waals surface area (Å²) in [6.07, 6.45) is 2.40. The van der Waals surface area contributed by atoms with E-state index in [0.29, 0.717) is 18.9 Å². The Balaban J connectivity index is 2.42. The molecule has 0 aliphatic heterocycles. The molecule has 0 radical (unpaired) electrons. The molecule has 0 bridgehead atoms. The van der Waals surface area contributed by atoms with Crippen LogP contribution in [0.1, 0.15) is 32.2 Å². The van der Waals surface area contributed by atoms with Gasteiger partial charge in [-0.25, -0.2) is 4.98 Å². The van der Waals surface area contributed by atoms with Crippen molar-refractivity contribution >= 4 is 0 Å². The van der Waals surface area contributed by atoms with Gasteiger partial charge in [-0.05, 0) is 23.6 Å². The van der Waals surface area contributed by atoms with Crippen molar-refractivity contribution < 1.29 is 9.15 Å². The first-order chi connectivity index (χ1) is 9.45. The number of ether oxygens (including phenoxy) is 1.